The van der Waals surface area contributed by atoms with Crippen LogP contribution in [-0.4, -0.2) is 52.9 Å². The third-order valence-electron chi connectivity index (χ3n) is 8.30. The lowest BCUT2D eigenvalue weighted by Crippen LogP contribution is -2.41. The molecule has 3 amide bonds. The van der Waals surface area contributed by atoms with Crippen LogP contribution in [0.5, 0.6) is 0 Å². The summed E-state index contributed by atoms with van der Waals surface area (Å²) in [4.78, 5) is 52.9. The van der Waals surface area contributed by atoms with E-state index in [4.69, 9.17) is 0 Å². The Morgan fingerprint density at radius 2 is 1.28 bits per heavy atom. The second-order valence-corrected chi connectivity index (χ2v) is 13.3. The maximum Gasteiger partial charge on any atom is 0.233 e. The van der Waals surface area contributed by atoms with Gasteiger partial charge in [0.15, 0.2) is 0 Å². The first kappa shape index (κ1) is 30.5. The average molecular weight is 505 g/mol. The first-order valence-electron chi connectivity index (χ1n) is 14.4. The second kappa shape index (κ2) is 13.7. The first-order chi connectivity index (χ1) is 16.8. The van der Waals surface area contributed by atoms with Gasteiger partial charge in [0.1, 0.15) is 5.78 Å². The van der Waals surface area contributed by atoms with Gasteiger partial charge in [-0.05, 0) is 55.3 Å². The molecule has 1 atom stereocenters. The molecule has 0 aromatic carbocycles. The van der Waals surface area contributed by atoms with Gasteiger partial charge in [0.25, 0.3) is 0 Å². The fourth-order valence-electron chi connectivity index (χ4n) is 5.59. The van der Waals surface area contributed by atoms with E-state index >= 15 is 0 Å². The van der Waals surface area contributed by atoms with E-state index in [2.05, 4.69) is 20.8 Å². The third-order valence-corrected chi connectivity index (χ3v) is 8.30. The number of hydrogen-bond donors (Lipinski definition) is 0. The highest BCUT2D eigenvalue weighted by molar-refractivity contribution is 6.03. The molecule has 0 aliphatic carbocycles. The van der Waals surface area contributed by atoms with Gasteiger partial charge >= 0.3 is 0 Å². The maximum atomic E-state index is 12.5. The molecule has 6 heteroatoms. The monoisotopic (exact) mass is 504 g/mol. The van der Waals surface area contributed by atoms with Crippen molar-refractivity contribution >= 4 is 23.5 Å². The predicted molar refractivity (Wildman–Crippen MR) is 144 cm³/mol. The summed E-state index contributed by atoms with van der Waals surface area (Å²) in [6, 6.07) is 0. The summed E-state index contributed by atoms with van der Waals surface area (Å²) in [5, 5.41) is 0. The number of ketones is 1. The molecule has 2 fully saturated rings. The van der Waals surface area contributed by atoms with Crippen molar-refractivity contribution in [2.75, 3.05) is 19.6 Å². The maximum absolute atomic E-state index is 12.5. The largest absolute Gasteiger partial charge is 0.343 e. The highest BCUT2D eigenvalue weighted by atomic mass is 16.2. The van der Waals surface area contributed by atoms with Gasteiger partial charge in [-0.15, -0.1) is 0 Å². The fourth-order valence-corrected chi connectivity index (χ4v) is 5.59. The highest BCUT2D eigenvalue weighted by Crippen LogP contribution is 2.36. The molecule has 0 saturated carbocycles. The zero-order valence-corrected chi connectivity index (χ0v) is 24.0. The molecule has 2 saturated heterocycles. The molecule has 2 rings (SSSR count). The molecule has 206 valence electrons. The topological polar surface area (TPSA) is 74.8 Å². The van der Waals surface area contributed by atoms with E-state index in [0.717, 1.165) is 70.9 Å². The SMILES string of the molecule is CC(C)(C)C1CCN(C(=O)CCCCCCC(=O)CCCCCN2C(=O)CC(C(C)(C)C)C2=O)CC1. The van der Waals surface area contributed by atoms with Crippen LogP contribution in [-0.2, 0) is 19.2 Å². The number of imide groups is 1. The molecular weight excluding hydrogens is 452 g/mol. The van der Waals surface area contributed by atoms with Crippen LogP contribution < -0.4 is 0 Å². The number of hydrogen-bond acceptors (Lipinski definition) is 4. The number of likely N-dealkylation sites (tertiary alicyclic amines) is 2. The van der Waals surface area contributed by atoms with Crippen LogP contribution >= 0.6 is 0 Å². The predicted octanol–water partition coefficient (Wildman–Crippen LogP) is 6.16. The lowest BCUT2D eigenvalue weighted by atomic mass is 9.75. The Hall–Kier alpha value is -1.72. The van der Waals surface area contributed by atoms with Gasteiger partial charge in [-0.3, -0.25) is 24.1 Å². The van der Waals surface area contributed by atoms with Crippen molar-refractivity contribution in [2.24, 2.45) is 22.7 Å². The summed E-state index contributed by atoms with van der Waals surface area (Å²) < 4.78 is 0. The van der Waals surface area contributed by atoms with Crippen molar-refractivity contribution in [2.45, 2.75) is 125 Å². The van der Waals surface area contributed by atoms with Crippen molar-refractivity contribution in [1.29, 1.82) is 0 Å². The molecule has 0 aromatic rings. The van der Waals surface area contributed by atoms with Gasteiger partial charge in [-0.1, -0.05) is 60.8 Å². The van der Waals surface area contributed by atoms with Gasteiger partial charge in [-0.2, -0.15) is 0 Å². The fraction of sp³-hybridized carbons (Fsp3) is 0.867. The van der Waals surface area contributed by atoms with E-state index in [9.17, 15) is 19.2 Å². The van der Waals surface area contributed by atoms with Crippen LogP contribution in [0, 0.1) is 22.7 Å². The highest BCUT2D eigenvalue weighted by Gasteiger charge is 2.44. The molecule has 0 bridgehead atoms. The average Bonchev–Trinajstić information content (AvgIpc) is 3.09. The Morgan fingerprint density at radius 3 is 1.78 bits per heavy atom. The minimum absolute atomic E-state index is 0.0321. The number of carbonyl (C=O) groups excluding carboxylic acids is 4. The number of unbranched alkanes of at least 4 members (excludes halogenated alkanes) is 5. The summed E-state index contributed by atoms with van der Waals surface area (Å²) in [5.74, 6) is 1.01. The number of nitrogens with zero attached hydrogens (tertiary/aromatic N) is 2. The summed E-state index contributed by atoms with van der Waals surface area (Å²) in [7, 11) is 0. The molecule has 0 N–H and O–H groups in total. The van der Waals surface area contributed by atoms with Gasteiger partial charge in [-0.25, -0.2) is 0 Å². The number of piperidine rings is 1. The van der Waals surface area contributed by atoms with E-state index in [0.29, 0.717) is 55.3 Å². The number of rotatable bonds is 13. The normalized spacial score (nSPS) is 19.9. The van der Waals surface area contributed by atoms with Crippen LogP contribution in [0.4, 0.5) is 0 Å². The molecular formula is C30H52N2O4. The molecule has 6 nitrogen and oxygen atoms in total. The van der Waals surface area contributed by atoms with E-state index in [-0.39, 0.29) is 23.1 Å². The second-order valence-electron chi connectivity index (χ2n) is 13.3. The zero-order chi connectivity index (χ0) is 26.9. The Bertz CT molecular complexity index is 754. The molecule has 2 aliphatic heterocycles. The molecule has 2 heterocycles. The molecule has 1 unspecified atom stereocenters. The Labute approximate surface area is 219 Å². The van der Waals surface area contributed by atoms with Crippen LogP contribution in [0.2, 0.25) is 0 Å². The molecule has 0 radical (unpaired) electrons. The van der Waals surface area contributed by atoms with Crippen LogP contribution in [0.25, 0.3) is 0 Å². The minimum Gasteiger partial charge on any atom is -0.343 e. The Morgan fingerprint density at radius 1 is 0.750 bits per heavy atom. The van der Waals surface area contributed by atoms with Crippen molar-refractivity contribution in [3.05, 3.63) is 0 Å². The Kier molecular flexibility index (Phi) is 11.6. The molecule has 2 aliphatic rings. The zero-order valence-electron chi connectivity index (χ0n) is 24.0. The third kappa shape index (κ3) is 9.63. The van der Waals surface area contributed by atoms with Crippen LogP contribution in [0.3, 0.4) is 0 Å². The van der Waals surface area contributed by atoms with Gasteiger partial charge in [0.05, 0.1) is 5.92 Å². The van der Waals surface area contributed by atoms with Gasteiger partial charge in [0.2, 0.25) is 17.7 Å². The number of Topliss-reactive ketones (excluding diaryl/α,β-unsaturated/α-hetero) is 1. The van der Waals surface area contributed by atoms with Crippen LogP contribution in [0.1, 0.15) is 125 Å². The van der Waals surface area contributed by atoms with Gasteiger partial charge < -0.3 is 4.90 Å². The van der Waals surface area contributed by atoms with Gasteiger partial charge in [0, 0.05) is 45.3 Å². The number of carbonyl (C=O) groups is 4. The van der Waals surface area contributed by atoms with E-state index < -0.39 is 0 Å². The van der Waals surface area contributed by atoms with Crippen molar-refractivity contribution in [3.63, 3.8) is 0 Å². The van der Waals surface area contributed by atoms with Crippen molar-refractivity contribution < 1.29 is 19.2 Å². The lowest BCUT2D eigenvalue weighted by Gasteiger charge is -2.38. The molecule has 36 heavy (non-hydrogen) atoms. The van der Waals surface area contributed by atoms with Crippen molar-refractivity contribution in [3.8, 4) is 0 Å². The van der Waals surface area contributed by atoms with Crippen molar-refractivity contribution in [1.82, 2.24) is 9.80 Å². The first-order valence-corrected chi connectivity index (χ1v) is 14.4. The van der Waals surface area contributed by atoms with E-state index in [1.54, 1.807) is 0 Å². The minimum atomic E-state index is -0.212. The standard InChI is InChI=1S/C30H52N2O4/c1-29(2,3)23-17-20-31(21-18-23)26(34)16-12-8-7-10-14-24(33)15-11-9-13-19-32-27(35)22-25(28(32)36)30(4,5)6/h23,25H,7-22H2,1-6H3. The van der Waals surface area contributed by atoms with Crippen LogP contribution in [0.15, 0.2) is 0 Å². The summed E-state index contributed by atoms with van der Waals surface area (Å²) in [5.41, 5.74) is 0.143. The quantitative estimate of drug-likeness (QED) is 0.222. The Balaban J connectivity index is 1.46. The smallest absolute Gasteiger partial charge is 0.233 e. The lowest BCUT2D eigenvalue weighted by molar-refractivity contribution is -0.140. The summed E-state index contributed by atoms with van der Waals surface area (Å²) >= 11 is 0. The number of amides is 3. The van der Waals surface area contributed by atoms with E-state index in [1.165, 1.54) is 4.90 Å². The summed E-state index contributed by atoms with van der Waals surface area (Å²) in [6.07, 6.45) is 10.6. The molecule has 0 spiro atoms. The molecule has 0 aromatic heterocycles. The summed E-state index contributed by atoms with van der Waals surface area (Å²) in [6.45, 7) is 15.2. The van der Waals surface area contributed by atoms with E-state index in [1.807, 2.05) is 25.7 Å².